The van der Waals surface area contributed by atoms with E-state index in [4.69, 9.17) is 37.1 Å². The third-order valence-electron chi connectivity index (χ3n) is 6.68. The van der Waals surface area contributed by atoms with E-state index in [2.05, 4.69) is 13.8 Å². The molecule has 1 amide bonds. The lowest BCUT2D eigenvalue weighted by molar-refractivity contribution is 0.0714. The van der Waals surface area contributed by atoms with Gasteiger partial charge >= 0.3 is 0 Å². The summed E-state index contributed by atoms with van der Waals surface area (Å²) in [7, 11) is 1.56. The Kier molecular flexibility index (Phi) is 7.37. The van der Waals surface area contributed by atoms with Crippen molar-refractivity contribution in [3.8, 4) is 11.5 Å². The number of hydrogen-bond donors (Lipinski definition) is 0. The summed E-state index contributed by atoms with van der Waals surface area (Å²) in [4.78, 5) is 29.2. The molecule has 0 saturated carbocycles. The van der Waals surface area contributed by atoms with Crippen molar-refractivity contribution in [2.75, 3.05) is 13.7 Å². The van der Waals surface area contributed by atoms with Crippen molar-refractivity contribution in [1.82, 2.24) is 4.90 Å². The molecule has 8 heteroatoms. The lowest BCUT2D eigenvalue weighted by atomic mass is 9.97. The number of benzene rings is 3. The minimum Gasteiger partial charge on any atom is -0.493 e. The molecular formula is C30H27Cl2NO5. The van der Waals surface area contributed by atoms with Gasteiger partial charge in [0, 0.05) is 16.6 Å². The minimum absolute atomic E-state index is 0.0121. The number of ether oxygens (including phenoxy) is 2. The molecule has 0 fully saturated rings. The second-order valence-electron chi connectivity index (χ2n) is 9.68. The molecular weight excluding hydrogens is 525 g/mol. The number of rotatable bonds is 8. The highest BCUT2D eigenvalue weighted by Gasteiger charge is 2.43. The fourth-order valence-corrected chi connectivity index (χ4v) is 5.06. The fourth-order valence-electron chi connectivity index (χ4n) is 4.69. The Morgan fingerprint density at radius 2 is 1.79 bits per heavy atom. The smallest absolute Gasteiger partial charge is 0.291 e. The quantitative estimate of drug-likeness (QED) is 0.230. The van der Waals surface area contributed by atoms with Gasteiger partial charge in [0.15, 0.2) is 16.9 Å². The Morgan fingerprint density at radius 1 is 1.00 bits per heavy atom. The Hall–Kier alpha value is -3.48. The van der Waals surface area contributed by atoms with Gasteiger partial charge in [-0.05, 0) is 59.9 Å². The van der Waals surface area contributed by atoms with Crippen LogP contribution in [0.5, 0.6) is 11.5 Å². The van der Waals surface area contributed by atoms with Crippen molar-refractivity contribution < 1.29 is 18.7 Å². The zero-order valence-corrected chi connectivity index (χ0v) is 22.8. The Labute approximate surface area is 230 Å². The summed E-state index contributed by atoms with van der Waals surface area (Å²) in [6.45, 7) is 4.99. The number of amides is 1. The molecule has 0 bridgehead atoms. The van der Waals surface area contributed by atoms with E-state index in [9.17, 15) is 9.59 Å². The summed E-state index contributed by atoms with van der Waals surface area (Å²) in [5, 5.41) is 1.25. The van der Waals surface area contributed by atoms with Gasteiger partial charge in [-0.2, -0.15) is 0 Å². The molecule has 0 saturated heterocycles. The third kappa shape index (κ3) is 4.86. The molecule has 0 N–H and O–H groups in total. The topological polar surface area (TPSA) is 69.0 Å². The molecule has 1 aromatic heterocycles. The number of methoxy groups -OCH3 is 1. The number of nitrogens with zero attached hydrogens (tertiary/aromatic N) is 1. The summed E-state index contributed by atoms with van der Waals surface area (Å²) >= 11 is 12.6. The highest BCUT2D eigenvalue weighted by Crippen LogP contribution is 2.42. The zero-order chi connectivity index (χ0) is 27.0. The molecule has 6 nitrogen and oxygen atoms in total. The molecule has 1 aliphatic rings. The monoisotopic (exact) mass is 551 g/mol. The van der Waals surface area contributed by atoms with Crippen molar-refractivity contribution in [3.05, 3.63) is 103 Å². The van der Waals surface area contributed by atoms with Gasteiger partial charge < -0.3 is 18.8 Å². The molecule has 0 spiro atoms. The Morgan fingerprint density at radius 3 is 2.53 bits per heavy atom. The van der Waals surface area contributed by atoms with Crippen LogP contribution in [0.2, 0.25) is 10.0 Å². The summed E-state index contributed by atoms with van der Waals surface area (Å²) < 4.78 is 17.6. The number of carbonyl (C=O) groups is 1. The van der Waals surface area contributed by atoms with Crippen LogP contribution in [0, 0.1) is 5.92 Å². The summed E-state index contributed by atoms with van der Waals surface area (Å²) in [5.41, 5.74) is 1.69. The standard InChI is InChI=1S/C30H27Cl2NO5/c1-17(2)12-13-37-24-10-8-18(14-25(24)36-3)27-26-28(34)21-15-20(31)9-11-23(21)38-29(26)30(35)33(27)16-19-6-4-5-7-22(19)32/h4-11,14-15,17,27H,12-13,16H2,1-3H3. The van der Waals surface area contributed by atoms with Crippen LogP contribution in [0.3, 0.4) is 0 Å². The number of halogens is 2. The van der Waals surface area contributed by atoms with Crippen molar-refractivity contribution >= 4 is 40.1 Å². The first-order valence-electron chi connectivity index (χ1n) is 12.4. The number of hydrogen-bond acceptors (Lipinski definition) is 5. The van der Waals surface area contributed by atoms with Crippen molar-refractivity contribution in [3.63, 3.8) is 0 Å². The van der Waals surface area contributed by atoms with Gasteiger partial charge in [-0.1, -0.05) is 61.3 Å². The molecule has 1 unspecified atom stereocenters. The molecule has 0 radical (unpaired) electrons. The summed E-state index contributed by atoms with van der Waals surface area (Å²) in [6, 6.07) is 16.8. The first-order chi connectivity index (χ1) is 18.3. The van der Waals surface area contributed by atoms with E-state index < -0.39 is 11.9 Å². The van der Waals surface area contributed by atoms with Crippen LogP contribution in [0.25, 0.3) is 11.0 Å². The SMILES string of the molecule is COc1cc(C2c3c(oc4ccc(Cl)cc4c3=O)C(=O)N2Cc2ccccc2Cl)ccc1OCCC(C)C. The van der Waals surface area contributed by atoms with E-state index in [1.807, 2.05) is 30.3 Å². The zero-order valence-electron chi connectivity index (χ0n) is 21.3. The average Bonchev–Trinajstić information content (AvgIpc) is 3.17. The molecule has 1 aliphatic heterocycles. The maximum Gasteiger partial charge on any atom is 0.291 e. The van der Waals surface area contributed by atoms with E-state index in [0.29, 0.717) is 50.6 Å². The van der Waals surface area contributed by atoms with Gasteiger partial charge in [-0.3, -0.25) is 9.59 Å². The van der Waals surface area contributed by atoms with Crippen LogP contribution >= 0.6 is 23.2 Å². The van der Waals surface area contributed by atoms with Gasteiger partial charge in [-0.25, -0.2) is 0 Å². The van der Waals surface area contributed by atoms with Crippen LogP contribution in [-0.2, 0) is 6.54 Å². The highest BCUT2D eigenvalue weighted by atomic mass is 35.5. The highest BCUT2D eigenvalue weighted by molar-refractivity contribution is 6.31. The lowest BCUT2D eigenvalue weighted by Crippen LogP contribution is -2.29. The molecule has 1 atom stereocenters. The van der Waals surface area contributed by atoms with Crippen molar-refractivity contribution in [1.29, 1.82) is 0 Å². The van der Waals surface area contributed by atoms with Crippen LogP contribution in [-0.4, -0.2) is 24.5 Å². The first-order valence-corrected chi connectivity index (χ1v) is 13.2. The number of carbonyl (C=O) groups excluding carboxylic acids is 1. The van der Waals surface area contributed by atoms with Crippen LogP contribution in [0.15, 0.2) is 69.9 Å². The minimum atomic E-state index is -0.730. The normalized spacial score (nSPS) is 14.8. The Balaban J connectivity index is 1.65. The molecule has 38 heavy (non-hydrogen) atoms. The molecule has 5 rings (SSSR count). The van der Waals surface area contributed by atoms with E-state index in [1.165, 1.54) is 0 Å². The van der Waals surface area contributed by atoms with Gasteiger partial charge in [-0.15, -0.1) is 0 Å². The van der Waals surface area contributed by atoms with Gasteiger partial charge in [0.1, 0.15) is 5.58 Å². The van der Waals surface area contributed by atoms with E-state index in [0.717, 1.165) is 12.0 Å². The average molecular weight is 552 g/mol. The lowest BCUT2D eigenvalue weighted by Gasteiger charge is -2.26. The predicted molar refractivity (Wildman–Crippen MR) is 149 cm³/mol. The second kappa shape index (κ2) is 10.7. The molecule has 2 heterocycles. The second-order valence-corrected chi connectivity index (χ2v) is 10.5. The molecule has 3 aromatic carbocycles. The predicted octanol–water partition coefficient (Wildman–Crippen LogP) is 7.28. The van der Waals surface area contributed by atoms with Crippen molar-refractivity contribution in [2.24, 2.45) is 5.92 Å². The van der Waals surface area contributed by atoms with Crippen LogP contribution in [0.1, 0.15) is 53.6 Å². The summed E-state index contributed by atoms with van der Waals surface area (Å²) in [5.74, 6) is 1.23. The first kappa shape index (κ1) is 26.1. The van der Waals surface area contributed by atoms with Gasteiger partial charge in [0.25, 0.3) is 5.91 Å². The summed E-state index contributed by atoms with van der Waals surface area (Å²) in [6.07, 6.45) is 0.900. The van der Waals surface area contributed by atoms with E-state index in [-0.39, 0.29) is 23.3 Å². The van der Waals surface area contributed by atoms with Gasteiger partial charge in [0.05, 0.1) is 30.7 Å². The third-order valence-corrected chi connectivity index (χ3v) is 7.29. The molecule has 0 aliphatic carbocycles. The maximum absolute atomic E-state index is 13.8. The van der Waals surface area contributed by atoms with Gasteiger partial charge in [0.2, 0.25) is 5.76 Å². The van der Waals surface area contributed by atoms with Crippen molar-refractivity contribution in [2.45, 2.75) is 32.9 Å². The Bertz CT molecular complexity index is 1580. The van der Waals surface area contributed by atoms with E-state index in [1.54, 1.807) is 42.3 Å². The fraction of sp³-hybridized carbons (Fsp3) is 0.267. The molecule has 196 valence electrons. The largest absolute Gasteiger partial charge is 0.493 e. The number of fused-ring (bicyclic) bond motifs is 2. The molecule has 4 aromatic rings. The van der Waals surface area contributed by atoms with E-state index >= 15 is 0 Å². The van der Waals surface area contributed by atoms with Crippen LogP contribution in [0.4, 0.5) is 0 Å². The maximum atomic E-state index is 13.8. The van der Waals surface area contributed by atoms with Crippen LogP contribution < -0.4 is 14.9 Å².